The largest absolute Gasteiger partial charge is 0.479 e. The van der Waals surface area contributed by atoms with Crippen molar-refractivity contribution in [3.63, 3.8) is 0 Å². The zero-order valence-corrected chi connectivity index (χ0v) is 48.8. The van der Waals surface area contributed by atoms with Gasteiger partial charge in [-0.25, -0.2) is 9.59 Å². The summed E-state index contributed by atoms with van der Waals surface area (Å²) in [5.74, 6) is -2.49. The van der Waals surface area contributed by atoms with E-state index in [1.807, 2.05) is 13.8 Å². The van der Waals surface area contributed by atoms with Gasteiger partial charge in [0.2, 0.25) is 0 Å². The zero-order valence-electron chi connectivity index (χ0n) is 48.8. The summed E-state index contributed by atoms with van der Waals surface area (Å²) in [6.45, 7) is 15.9. The first kappa shape index (κ1) is 65.0. The molecule has 0 unspecified atom stereocenters. The molecule has 9 rings (SSSR count). The van der Waals surface area contributed by atoms with Crippen molar-refractivity contribution < 1.29 is 124 Å². The van der Waals surface area contributed by atoms with Gasteiger partial charge in [0.15, 0.2) is 31.3 Å². The lowest BCUT2D eigenvalue weighted by Crippen LogP contribution is -2.70. The number of aliphatic carboxylic acids is 1. The van der Waals surface area contributed by atoms with Crippen molar-refractivity contribution >= 4 is 11.9 Å². The average Bonchev–Trinajstić information content (AvgIpc) is 0.747. The zero-order chi connectivity index (χ0) is 61.0. The van der Waals surface area contributed by atoms with Crippen molar-refractivity contribution in [3.8, 4) is 0 Å². The van der Waals surface area contributed by atoms with E-state index in [0.717, 1.165) is 6.42 Å². The highest BCUT2D eigenvalue weighted by Gasteiger charge is 2.72. The number of allylic oxidation sites excluding steroid dienone is 3. The van der Waals surface area contributed by atoms with Gasteiger partial charge >= 0.3 is 11.9 Å². The van der Waals surface area contributed by atoms with Gasteiger partial charge in [-0.05, 0) is 110 Å². The molecule has 4 heterocycles. The number of aliphatic hydroxyl groups excluding tert-OH is 13. The summed E-state index contributed by atoms with van der Waals surface area (Å²) >= 11 is 0. The molecule has 0 aromatic heterocycles. The Morgan fingerprint density at radius 2 is 1.23 bits per heavy atom. The first-order valence-corrected chi connectivity index (χ1v) is 29.4. The van der Waals surface area contributed by atoms with Gasteiger partial charge in [0, 0.05) is 5.57 Å². The molecule has 83 heavy (non-hydrogen) atoms. The lowest BCUT2D eigenvalue weighted by molar-refractivity contribution is -0.401. The highest BCUT2D eigenvalue weighted by atomic mass is 16.8. The van der Waals surface area contributed by atoms with Gasteiger partial charge in [0.1, 0.15) is 91.6 Å². The van der Waals surface area contributed by atoms with E-state index in [0.29, 0.717) is 50.5 Å². The Morgan fingerprint density at radius 1 is 0.639 bits per heavy atom. The average molecular weight is 1190 g/mol. The van der Waals surface area contributed by atoms with E-state index in [2.05, 4.69) is 40.7 Å². The molecule has 0 bridgehead atoms. The summed E-state index contributed by atoms with van der Waals surface area (Å²) in [6, 6.07) is 0. The molecule has 0 radical (unpaired) electrons. The van der Waals surface area contributed by atoms with Crippen LogP contribution in [0.25, 0.3) is 0 Å². The van der Waals surface area contributed by atoms with Crippen molar-refractivity contribution in [2.75, 3.05) is 26.4 Å². The standard InChI is InChI=1S/C58H92O25/c1-10-24(2)48(74)78-34-19-53(3,4)17-26-25-11-12-31-55(7)15-14-33(54(5,6)30(55)13-16-56(31,8)57(25,9)18-32(63)58(26,34)23-61)79-52-46(83-50-41(70)39(68)37(66)29(21-60)77-50)43(42(71)44(81-52)47(72)73)80-51-45(35(64)27(62)22-75-51)82-49-40(69)38(67)36(65)28(20-59)76-49/h10-11,26-46,49-52,59-71H,12-23H2,1-9H3,(H,72,73)/b24-10+/t26-,27-,28+,29+,30-,31+,32+,33-,34-,35-,36+,37-,38-,39-,40+,41+,42-,43-,44-,45+,46+,49-,50-,51-,52+,55-,56+,57+,58-/m0/s1. The number of ether oxygens (including phenoxy) is 9. The molecule has 29 atom stereocenters. The first-order chi connectivity index (χ1) is 38.8. The number of carbonyl (C=O) groups excluding carboxylic acids is 1. The maximum absolute atomic E-state index is 13.4. The van der Waals surface area contributed by atoms with Crippen molar-refractivity contribution in [2.45, 2.75) is 249 Å². The second kappa shape index (κ2) is 23.8. The molecule has 4 saturated heterocycles. The number of carboxylic acid groups (broad SMARTS) is 1. The van der Waals surface area contributed by atoms with Crippen LogP contribution in [0, 0.1) is 50.2 Å². The van der Waals surface area contributed by atoms with Crippen LogP contribution in [0.4, 0.5) is 0 Å². The van der Waals surface area contributed by atoms with Crippen LogP contribution < -0.4 is 0 Å². The summed E-state index contributed by atoms with van der Waals surface area (Å²) in [5.41, 5.74) is -1.89. The molecule has 0 spiro atoms. The van der Waals surface area contributed by atoms with E-state index in [1.165, 1.54) is 5.57 Å². The number of carboxylic acids is 1. The number of fused-ring (bicyclic) bond motifs is 7. The lowest BCUT2D eigenvalue weighted by atomic mass is 9.33. The van der Waals surface area contributed by atoms with Crippen LogP contribution in [0.3, 0.4) is 0 Å². The van der Waals surface area contributed by atoms with Crippen LogP contribution >= 0.6 is 0 Å². The summed E-state index contributed by atoms with van der Waals surface area (Å²) in [7, 11) is 0. The molecule has 25 nitrogen and oxygen atoms in total. The summed E-state index contributed by atoms with van der Waals surface area (Å²) in [5, 5.41) is 154. The molecule has 4 saturated carbocycles. The molecule has 0 aromatic carbocycles. The summed E-state index contributed by atoms with van der Waals surface area (Å²) in [4.78, 5) is 26.6. The number of rotatable bonds is 14. The van der Waals surface area contributed by atoms with Crippen LogP contribution in [0.2, 0.25) is 0 Å². The third kappa shape index (κ3) is 10.8. The van der Waals surface area contributed by atoms with Crippen LogP contribution in [0.15, 0.2) is 23.3 Å². The van der Waals surface area contributed by atoms with E-state index in [4.69, 9.17) is 42.6 Å². The first-order valence-electron chi connectivity index (χ1n) is 29.4. The fourth-order valence-electron chi connectivity index (χ4n) is 17.1. The Kier molecular flexibility index (Phi) is 18.7. The molecule has 8 fully saturated rings. The van der Waals surface area contributed by atoms with E-state index in [9.17, 15) is 81.1 Å². The van der Waals surface area contributed by atoms with Gasteiger partial charge in [-0.2, -0.15) is 0 Å². The molecule has 5 aliphatic carbocycles. The number of carbonyl (C=O) groups is 2. The van der Waals surface area contributed by atoms with Crippen LogP contribution in [-0.2, 0) is 52.2 Å². The van der Waals surface area contributed by atoms with E-state index in [1.54, 1.807) is 19.9 Å². The van der Waals surface area contributed by atoms with Gasteiger partial charge in [-0.15, -0.1) is 0 Å². The molecule has 14 N–H and O–H groups in total. The minimum atomic E-state index is -2.23. The lowest BCUT2D eigenvalue weighted by Gasteiger charge is -2.72. The topological polar surface area (TPSA) is 400 Å². The smallest absolute Gasteiger partial charge is 0.335 e. The van der Waals surface area contributed by atoms with Crippen molar-refractivity contribution in [1.29, 1.82) is 0 Å². The van der Waals surface area contributed by atoms with Crippen molar-refractivity contribution in [3.05, 3.63) is 23.3 Å². The Labute approximate surface area is 483 Å². The number of hydrogen-bond acceptors (Lipinski definition) is 24. The van der Waals surface area contributed by atoms with Crippen LogP contribution in [-0.4, -0.2) is 245 Å². The molecular formula is C58H92O25. The van der Waals surface area contributed by atoms with Crippen LogP contribution in [0.5, 0.6) is 0 Å². The van der Waals surface area contributed by atoms with Gasteiger partial charge in [0.05, 0.1) is 44.1 Å². The Hall–Kier alpha value is -2.42. The second-order valence-electron chi connectivity index (χ2n) is 27.5. The summed E-state index contributed by atoms with van der Waals surface area (Å²) in [6.07, 6.45) is -30.1. The molecule has 474 valence electrons. The maximum atomic E-state index is 13.4. The quantitative estimate of drug-likeness (QED) is 0.0413. The fraction of sp³-hybridized carbons (Fsp3) is 0.897. The van der Waals surface area contributed by atoms with Gasteiger partial charge in [-0.1, -0.05) is 66.2 Å². The number of aliphatic hydroxyl groups is 13. The minimum absolute atomic E-state index is 0.0548. The predicted octanol–water partition coefficient (Wildman–Crippen LogP) is -1.37. The van der Waals surface area contributed by atoms with E-state index >= 15 is 0 Å². The van der Waals surface area contributed by atoms with Gasteiger partial charge in [0.25, 0.3) is 0 Å². The SMILES string of the molecule is C/C=C(\C)C(=O)O[C@H]1CC(C)(C)C[C@H]2C3=CC[C@@H]4[C@@]5(C)CC[C@H](O[C@@H]6O[C@H](C(=O)O)[C@@H](O)[C@H](O[C@@H]7OC[C@H](O)[C@H](O)[C@H]7O[C@@H]7O[C@H](CO)[C@@H](O)[C@H](O)[C@H]7O)[C@H]6O[C@@H]6O[C@H](CO)[C@H](O)[C@H](O)[C@H]6O)C(C)(C)[C@@H]5CC[C@@]4(C)[C@]3(C)C[C@@H](O)[C@@]12CO. The van der Waals surface area contributed by atoms with Crippen molar-refractivity contribution in [2.24, 2.45) is 50.2 Å². The highest BCUT2D eigenvalue weighted by Crippen LogP contribution is 2.76. The number of hydrogen-bond donors (Lipinski definition) is 14. The molecule has 0 aromatic rings. The maximum Gasteiger partial charge on any atom is 0.335 e. The Bertz CT molecular complexity index is 2380. The van der Waals surface area contributed by atoms with Gasteiger partial charge < -0.3 is 114 Å². The molecule has 25 heteroatoms. The normalized spacial score (nSPS) is 51.5. The predicted molar refractivity (Wildman–Crippen MR) is 283 cm³/mol. The molecular weight excluding hydrogens is 1100 g/mol. The molecule has 0 amide bonds. The number of esters is 1. The second-order valence-corrected chi connectivity index (χ2v) is 27.5. The van der Waals surface area contributed by atoms with E-state index < -0.39 is 183 Å². The van der Waals surface area contributed by atoms with E-state index in [-0.39, 0.29) is 40.6 Å². The van der Waals surface area contributed by atoms with Gasteiger partial charge in [-0.3, -0.25) is 0 Å². The fourth-order valence-corrected chi connectivity index (χ4v) is 17.1. The Balaban J connectivity index is 1.03. The molecule has 9 aliphatic rings. The highest BCUT2D eigenvalue weighted by molar-refractivity contribution is 5.87. The monoisotopic (exact) mass is 1190 g/mol. The Morgan fingerprint density at radius 3 is 1.80 bits per heavy atom. The third-order valence-electron chi connectivity index (χ3n) is 22.1. The molecule has 4 aliphatic heterocycles. The minimum Gasteiger partial charge on any atom is -0.479 e. The summed E-state index contributed by atoms with van der Waals surface area (Å²) < 4.78 is 55.0. The van der Waals surface area contributed by atoms with Crippen LogP contribution in [0.1, 0.15) is 114 Å². The third-order valence-corrected chi connectivity index (χ3v) is 22.1. The van der Waals surface area contributed by atoms with Crippen molar-refractivity contribution in [1.82, 2.24) is 0 Å².